The van der Waals surface area contributed by atoms with Crippen LogP contribution in [0, 0.1) is 0 Å². The molecule has 6 nitrogen and oxygen atoms in total. The summed E-state index contributed by atoms with van der Waals surface area (Å²) in [6, 6.07) is 21.0. The van der Waals surface area contributed by atoms with Crippen molar-refractivity contribution in [2.24, 2.45) is 0 Å². The molecule has 0 radical (unpaired) electrons. The topological polar surface area (TPSA) is 70.7 Å². The standard InChI is InChI=1S/C25H23N3O3S/c29-23(13-12-19-8-5-7-18-6-1-2-9-20(18)19)27-25(32)26-22-11-4-3-10-21(22)24(30)28-14-16-31-17-15-28/h1-13H,14-17H2,(H2,26,27,29,32). The number of carbonyl (C=O) groups is 2. The zero-order chi connectivity index (χ0) is 22.3. The summed E-state index contributed by atoms with van der Waals surface area (Å²) in [5, 5.41) is 7.91. The molecule has 0 unspecified atom stereocenters. The number of thiocarbonyl (C=S) groups is 1. The predicted molar refractivity (Wildman–Crippen MR) is 131 cm³/mol. The van der Waals surface area contributed by atoms with Crippen LogP contribution in [0.3, 0.4) is 0 Å². The molecular weight excluding hydrogens is 422 g/mol. The molecule has 1 fully saturated rings. The van der Waals surface area contributed by atoms with Crippen LogP contribution in [0.15, 0.2) is 72.8 Å². The predicted octanol–water partition coefficient (Wildman–Crippen LogP) is 3.84. The Hall–Kier alpha value is -3.55. The second-order valence-corrected chi connectivity index (χ2v) is 7.70. The number of hydrogen-bond donors (Lipinski definition) is 2. The monoisotopic (exact) mass is 445 g/mol. The Morgan fingerprint density at radius 1 is 0.938 bits per heavy atom. The highest BCUT2D eigenvalue weighted by molar-refractivity contribution is 7.80. The van der Waals surface area contributed by atoms with E-state index in [9.17, 15) is 9.59 Å². The third-order valence-corrected chi connectivity index (χ3v) is 5.38. The molecule has 3 aromatic rings. The molecule has 1 aliphatic rings. The SMILES string of the molecule is O=C(C=Cc1cccc2ccccc12)NC(=S)Nc1ccccc1C(=O)N1CCOCC1. The second kappa shape index (κ2) is 10.2. The molecule has 0 saturated carbocycles. The van der Waals surface area contributed by atoms with Gasteiger partial charge in [0.15, 0.2) is 5.11 Å². The van der Waals surface area contributed by atoms with E-state index >= 15 is 0 Å². The highest BCUT2D eigenvalue weighted by atomic mass is 32.1. The number of amides is 2. The van der Waals surface area contributed by atoms with E-state index in [1.54, 1.807) is 29.2 Å². The van der Waals surface area contributed by atoms with Crippen molar-refractivity contribution < 1.29 is 14.3 Å². The van der Waals surface area contributed by atoms with Gasteiger partial charge >= 0.3 is 0 Å². The van der Waals surface area contributed by atoms with Crippen LogP contribution in [0.25, 0.3) is 16.8 Å². The number of ether oxygens (including phenoxy) is 1. The third kappa shape index (κ3) is 5.19. The lowest BCUT2D eigenvalue weighted by Crippen LogP contribution is -2.41. The largest absolute Gasteiger partial charge is 0.378 e. The van der Waals surface area contributed by atoms with Crippen LogP contribution in [0.1, 0.15) is 15.9 Å². The maximum absolute atomic E-state index is 12.9. The van der Waals surface area contributed by atoms with E-state index in [1.165, 1.54) is 6.08 Å². The van der Waals surface area contributed by atoms with Gasteiger partial charge in [0.2, 0.25) is 5.91 Å². The van der Waals surface area contributed by atoms with Crippen LogP contribution < -0.4 is 10.6 Å². The molecule has 2 N–H and O–H groups in total. The average Bonchev–Trinajstić information content (AvgIpc) is 2.83. The molecule has 3 aromatic carbocycles. The number of benzene rings is 3. The summed E-state index contributed by atoms with van der Waals surface area (Å²) >= 11 is 5.30. The van der Waals surface area contributed by atoms with Crippen molar-refractivity contribution >= 4 is 51.7 Å². The smallest absolute Gasteiger partial charge is 0.256 e. The Morgan fingerprint density at radius 2 is 1.66 bits per heavy atom. The maximum atomic E-state index is 12.9. The quantitative estimate of drug-likeness (QED) is 0.472. The first-order valence-corrected chi connectivity index (χ1v) is 10.8. The first-order valence-electron chi connectivity index (χ1n) is 10.4. The zero-order valence-electron chi connectivity index (χ0n) is 17.4. The van der Waals surface area contributed by atoms with Gasteiger partial charge in [-0.05, 0) is 46.8 Å². The van der Waals surface area contributed by atoms with Crippen molar-refractivity contribution in [2.75, 3.05) is 31.6 Å². The summed E-state index contributed by atoms with van der Waals surface area (Å²) in [5.74, 6) is -0.450. The van der Waals surface area contributed by atoms with Gasteiger partial charge in [-0.1, -0.05) is 54.6 Å². The molecule has 0 atom stereocenters. The van der Waals surface area contributed by atoms with Gasteiger partial charge in [-0.15, -0.1) is 0 Å². The molecule has 7 heteroatoms. The molecule has 2 amide bonds. The number of fused-ring (bicyclic) bond motifs is 1. The Bertz CT molecular complexity index is 1180. The molecule has 0 spiro atoms. The summed E-state index contributed by atoms with van der Waals surface area (Å²) < 4.78 is 5.32. The normalized spacial score (nSPS) is 13.8. The van der Waals surface area contributed by atoms with Crippen LogP contribution in [0.5, 0.6) is 0 Å². The van der Waals surface area contributed by atoms with E-state index in [2.05, 4.69) is 10.6 Å². The molecule has 1 heterocycles. The summed E-state index contributed by atoms with van der Waals surface area (Å²) in [6.07, 6.45) is 3.21. The molecular formula is C25H23N3O3S. The highest BCUT2D eigenvalue weighted by Crippen LogP contribution is 2.20. The van der Waals surface area contributed by atoms with Gasteiger partial charge < -0.3 is 15.0 Å². The van der Waals surface area contributed by atoms with Crippen LogP contribution in [0.4, 0.5) is 5.69 Å². The van der Waals surface area contributed by atoms with E-state index in [4.69, 9.17) is 17.0 Å². The highest BCUT2D eigenvalue weighted by Gasteiger charge is 2.21. The summed E-state index contributed by atoms with van der Waals surface area (Å²) in [6.45, 7) is 2.15. The Kier molecular flexibility index (Phi) is 6.89. The number of nitrogens with zero attached hydrogens (tertiary/aromatic N) is 1. The summed E-state index contributed by atoms with van der Waals surface area (Å²) in [5.41, 5.74) is 1.99. The second-order valence-electron chi connectivity index (χ2n) is 7.30. The fourth-order valence-electron chi connectivity index (χ4n) is 3.58. The summed E-state index contributed by atoms with van der Waals surface area (Å²) in [7, 11) is 0. The van der Waals surface area contributed by atoms with E-state index < -0.39 is 0 Å². The number of para-hydroxylation sites is 1. The number of carbonyl (C=O) groups excluding carboxylic acids is 2. The van der Waals surface area contributed by atoms with E-state index in [0.717, 1.165) is 16.3 Å². The van der Waals surface area contributed by atoms with Gasteiger partial charge in [-0.3, -0.25) is 14.9 Å². The van der Waals surface area contributed by atoms with Crippen molar-refractivity contribution in [2.45, 2.75) is 0 Å². The van der Waals surface area contributed by atoms with Crippen LogP contribution in [-0.2, 0) is 9.53 Å². The number of hydrogen-bond acceptors (Lipinski definition) is 4. The minimum absolute atomic E-state index is 0.0959. The lowest BCUT2D eigenvalue weighted by atomic mass is 10.0. The fourth-order valence-corrected chi connectivity index (χ4v) is 3.79. The molecule has 1 aliphatic heterocycles. The fraction of sp³-hybridized carbons (Fsp3) is 0.160. The van der Waals surface area contributed by atoms with E-state index in [-0.39, 0.29) is 16.9 Å². The first-order chi connectivity index (χ1) is 15.6. The summed E-state index contributed by atoms with van der Waals surface area (Å²) in [4.78, 5) is 27.0. The van der Waals surface area contributed by atoms with Crippen LogP contribution in [0.2, 0.25) is 0 Å². The van der Waals surface area contributed by atoms with Crippen molar-refractivity contribution in [1.82, 2.24) is 10.2 Å². The van der Waals surface area contributed by atoms with E-state index in [0.29, 0.717) is 37.6 Å². The number of morpholine rings is 1. The van der Waals surface area contributed by atoms with Gasteiger partial charge in [0.05, 0.1) is 24.5 Å². The molecule has 0 aliphatic carbocycles. The van der Waals surface area contributed by atoms with Gasteiger partial charge in [0.25, 0.3) is 5.91 Å². The molecule has 0 bridgehead atoms. The Morgan fingerprint density at radius 3 is 2.50 bits per heavy atom. The van der Waals surface area contributed by atoms with Gasteiger partial charge in [-0.2, -0.15) is 0 Å². The van der Waals surface area contributed by atoms with Gasteiger partial charge in [0, 0.05) is 19.2 Å². The van der Waals surface area contributed by atoms with E-state index in [1.807, 2.05) is 48.5 Å². The zero-order valence-corrected chi connectivity index (χ0v) is 18.2. The van der Waals surface area contributed by atoms with Crippen LogP contribution >= 0.6 is 12.2 Å². The van der Waals surface area contributed by atoms with Crippen molar-refractivity contribution in [3.8, 4) is 0 Å². The maximum Gasteiger partial charge on any atom is 0.256 e. The molecule has 4 rings (SSSR count). The molecule has 1 saturated heterocycles. The lowest BCUT2D eigenvalue weighted by Gasteiger charge is -2.27. The first kappa shape index (κ1) is 21.7. The van der Waals surface area contributed by atoms with Crippen molar-refractivity contribution in [3.05, 3.63) is 83.9 Å². The molecule has 32 heavy (non-hydrogen) atoms. The van der Waals surface area contributed by atoms with Crippen molar-refractivity contribution in [3.63, 3.8) is 0 Å². The molecule has 162 valence electrons. The number of nitrogens with one attached hydrogen (secondary N) is 2. The van der Waals surface area contributed by atoms with Crippen molar-refractivity contribution in [1.29, 1.82) is 0 Å². The Balaban J connectivity index is 1.41. The van der Waals surface area contributed by atoms with Gasteiger partial charge in [0.1, 0.15) is 0 Å². The van der Waals surface area contributed by atoms with Crippen LogP contribution in [-0.4, -0.2) is 48.1 Å². The third-order valence-electron chi connectivity index (χ3n) is 5.18. The average molecular weight is 446 g/mol. The van der Waals surface area contributed by atoms with Gasteiger partial charge in [-0.25, -0.2) is 0 Å². The number of anilines is 1. The molecule has 0 aromatic heterocycles. The minimum Gasteiger partial charge on any atom is -0.378 e. The lowest BCUT2D eigenvalue weighted by molar-refractivity contribution is -0.115. The number of rotatable bonds is 4. The minimum atomic E-state index is -0.354. The Labute approximate surface area is 191 Å².